The predicted molar refractivity (Wildman–Crippen MR) is 114 cm³/mol. The fourth-order valence-electron chi connectivity index (χ4n) is 3.18. The van der Waals surface area contributed by atoms with Gasteiger partial charge in [-0.1, -0.05) is 30.3 Å². The van der Waals surface area contributed by atoms with E-state index in [1.165, 1.54) is 0 Å². The van der Waals surface area contributed by atoms with E-state index in [0.29, 0.717) is 6.61 Å². The number of rotatable bonds is 7. The number of ether oxygens (including phenoxy) is 2. The Kier molecular flexibility index (Phi) is 5.47. The summed E-state index contributed by atoms with van der Waals surface area (Å²) in [5.41, 5.74) is 3.76. The molecule has 0 radical (unpaired) electrons. The second-order valence-corrected chi connectivity index (χ2v) is 6.75. The van der Waals surface area contributed by atoms with Gasteiger partial charge in [0.25, 0.3) is 0 Å². The van der Waals surface area contributed by atoms with Crippen molar-refractivity contribution in [3.05, 3.63) is 90.1 Å². The molecular weight excluding hydrogens is 364 g/mol. The molecule has 5 nitrogen and oxygen atoms in total. The number of fused-ring (bicyclic) bond motifs is 1. The highest BCUT2D eigenvalue weighted by molar-refractivity contribution is 5.96. The molecule has 0 aliphatic heterocycles. The van der Waals surface area contributed by atoms with Gasteiger partial charge in [0.2, 0.25) is 5.91 Å². The number of amides is 1. The first kappa shape index (κ1) is 18.6. The molecule has 1 aromatic heterocycles. The molecule has 29 heavy (non-hydrogen) atoms. The van der Waals surface area contributed by atoms with Crippen molar-refractivity contribution >= 4 is 22.5 Å². The zero-order valence-electron chi connectivity index (χ0n) is 16.1. The van der Waals surface area contributed by atoms with Gasteiger partial charge >= 0.3 is 0 Å². The third kappa shape index (κ3) is 4.58. The number of aromatic nitrogens is 1. The standard InChI is InChI=1S/C24H22N2O3/c1-28-21-11-12-23-22(14-21)18(15-25-23)13-24(27)26-19-7-9-20(10-8-19)29-16-17-5-3-2-4-6-17/h2-12,14-15,25H,13,16H2,1H3,(H,26,27). The van der Waals surface area contributed by atoms with Crippen LogP contribution in [-0.2, 0) is 17.8 Å². The largest absolute Gasteiger partial charge is 0.497 e. The fourth-order valence-corrected chi connectivity index (χ4v) is 3.18. The summed E-state index contributed by atoms with van der Waals surface area (Å²) in [6, 6.07) is 23.2. The SMILES string of the molecule is COc1ccc2[nH]cc(CC(=O)Nc3ccc(OCc4ccccc4)cc3)c2c1. The molecule has 4 rings (SSSR count). The van der Waals surface area contributed by atoms with Crippen LogP contribution in [0.5, 0.6) is 11.5 Å². The Balaban J connectivity index is 1.36. The minimum absolute atomic E-state index is 0.0772. The Labute approximate surface area is 169 Å². The molecule has 1 amide bonds. The Hall–Kier alpha value is -3.73. The maximum absolute atomic E-state index is 12.5. The number of hydrogen-bond acceptors (Lipinski definition) is 3. The van der Waals surface area contributed by atoms with Crippen LogP contribution in [0.4, 0.5) is 5.69 Å². The lowest BCUT2D eigenvalue weighted by Gasteiger charge is -2.08. The molecule has 0 aliphatic carbocycles. The van der Waals surface area contributed by atoms with Crippen molar-refractivity contribution in [2.75, 3.05) is 12.4 Å². The summed E-state index contributed by atoms with van der Waals surface area (Å²) in [4.78, 5) is 15.7. The predicted octanol–water partition coefficient (Wildman–Crippen LogP) is 4.94. The number of carbonyl (C=O) groups is 1. The summed E-state index contributed by atoms with van der Waals surface area (Å²) >= 11 is 0. The number of nitrogens with one attached hydrogen (secondary N) is 2. The molecule has 0 saturated heterocycles. The minimum atomic E-state index is -0.0772. The molecule has 0 saturated carbocycles. The van der Waals surface area contributed by atoms with E-state index in [0.717, 1.165) is 39.2 Å². The number of carbonyl (C=O) groups excluding carboxylic acids is 1. The van der Waals surface area contributed by atoms with Crippen molar-refractivity contribution in [2.45, 2.75) is 13.0 Å². The molecule has 4 aromatic rings. The van der Waals surface area contributed by atoms with Gasteiger partial charge in [-0.2, -0.15) is 0 Å². The summed E-state index contributed by atoms with van der Waals surface area (Å²) in [5.74, 6) is 1.45. The van der Waals surface area contributed by atoms with Gasteiger partial charge in [-0.3, -0.25) is 4.79 Å². The van der Waals surface area contributed by atoms with Crippen molar-refractivity contribution in [2.24, 2.45) is 0 Å². The first-order valence-corrected chi connectivity index (χ1v) is 9.42. The highest BCUT2D eigenvalue weighted by atomic mass is 16.5. The molecule has 0 unspecified atom stereocenters. The lowest BCUT2D eigenvalue weighted by molar-refractivity contribution is -0.115. The molecule has 0 atom stereocenters. The average Bonchev–Trinajstić information content (AvgIpc) is 3.15. The quantitative estimate of drug-likeness (QED) is 0.473. The van der Waals surface area contributed by atoms with E-state index in [9.17, 15) is 4.79 Å². The van der Waals surface area contributed by atoms with Gasteiger partial charge in [0.15, 0.2) is 0 Å². The molecule has 0 spiro atoms. The van der Waals surface area contributed by atoms with E-state index in [4.69, 9.17) is 9.47 Å². The molecule has 1 heterocycles. The van der Waals surface area contributed by atoms with Crippen LogP contribution >= 0.6 is 0 Å². The number of H-pyrrole nitrogens is 1. The van der Waals surface area contributed by atoms with Crippen LogP contribution in [-0.4, -0.2) is 18.0 Å². The fraction of sp³-hybridized carbons (Fsp3) is 0.125. The van der Waals surface area contributed by atoms with Gasteiger partial charge in [-0.25, -0.2) is 0 Å². The van der Waals surface area contributed by atoms with Gasteiger partial charge in [0.1, 0.15) is 18.1 Å². The van der Waals surface area contributed by atoms with Crippen molar-refractivity contribution in [3.8, 4) is 11.5 Å². The average molecular weight is 386 g/mol. The molecule has 0 aliphatic rings. The zero-order valence-corrected chi connectivity index (χ0v) is 16.1. The topological polar surface area (TPSA) is 63.4 Å². The first-order valence-electron chi connectivity index (χ1n) is 9.42. The molecule has 2 N–H and O–H groups in total. The Bertz CT molecular complexity index is 1100. The van der Waals surface area contributed by atoms with Crippen LogP contribution in [0.3, 0.4) is 0 Å². The Morgan fingerprint density at radius 1 is 0.966 bits per heavy atom. The van der Waals surface area contributed by atoms with E-state index in [1.807, 2.05) is 79.0 Å². The van der Waals surface area contributed by atoms with Gasteiger partial charge in [-0.05, 0) is 53.6 Å². The van der Waals surface area contributed by atoms with Crippen molar-refractivity contribution in [1.29, 1.82) is 0 Å². The third-order valence-corrected chi connectivity index (χ3v) is 4.71. The second-order valence-electron chi connectivity index (χ2n) is 6.75. The Morgan fingerprint density at radius 3 is 2.48 bits per heavy atom. The highest BCUT2D eigenvalue weighted by Gasteiger charge is 2.10. The van der Waals surface area contributed by atoms with Crippen molar-refractivity contribution in [3.63, 3.8) is 0 Å². The lowest BCUT2D eigenvalue weighted by Crippen LogP contribution is -2.14. The van der Waals surface area contributed by atoms with Crippen LogP contribution < -0.4 is 14.8 Å². The number of hydrogen-bond donors (Lipinski definition) is 2. The minimum Gasteiger partial charge on any atom is -0.497 e. The van der Waals surface area contributed by atoms with Crippen molar-refractivity contribution in [1.82, 2.24) is 4.98 Å². The summed E-state index contributed by atoms with van der Waals surface area (Å²) in [5, 5.41) is 3.92. The van der Waals surface area contributed by atoms with E-state index >= 15 is 0 Å². The summed E-state index contributed by atoms with van der Waals surface area (Å²) in [6.07, 6.45) is 2.14. The number of benzene rings is 3. The third-order valence-electron chi connectivity index (χ3n) is 4.71. The highest BCUT2D eigenvalue weighted by Crippen LogP contribution is 2.24. The molecule has 0 bridgehead atoms. The lowest BCUT2D eigenvalue weighted by atomic mass is 10.1. The maximum atomic E-state index is 12.5. The van der Waals surface area contributed by atoms with Gasteiger partial charge in [-0.15, -0.1) is 0 Å². The van der Waals surface area contributed by atoms with E-state index in [-0.39, 0.29) is 12.3 Å². The number of anilines is 1. The van der Waals surface area contributed by atoms with Crippen LogP contribution in [0.25, 0.3) is 10.9 Å². The molecular formula is C24H22N2O3. The van der Waals surface area contributed by atoms with Crippen LogP contribution in [0.15, 0.2) is 79.0 Å². The Morgan fingerprint density at radius 2 is 1.72 bits per heavy atom. The molecule has 3 aromatic carbocycles. The molecule has 5 heteroatoms. The summed E-state index contributed by atoms with van der Waals surface area (Å²) < 4.78 is 11.1. The van der Waals surface area contributed by atoms with E-state index < -0.39 is 0 Å². The molecule has 146 valence electrons. The second kappa shape index (κ2) is 8.52. The summed E-state index contributed by atoms with van der Waals surface area (Å²) in [7, 11) is 1.63. The zero-order chi connectivity index (χ0) is 20.1. The first-order chi connectivity index (χ1) is 14.2. The maximum Gasteiger partial charge on any atom is 0.228 e. The van der Waals surface area contributed by atoms with Crippen LogP contribution in [0.2, 0.25) is 0 Å². The van der Waals surface area contributed by atoms with Crippen LogP contribution in [0, 0.1) is 0 Å². The summed E-state index contributed by atoms with van der Waals surface area (Å²) in [6.45, 7) is 0.510. The smallest absolute Gasteiger partial charge is 0.228 e. The van der Waals surface area contributed by atoms with Crippen LogP contribution in [0.1, 0.15) is 11.1 Å². The monoisotopic (exact) mass is 386 g/mol. The number of methoxy groups -OCH3 is 1. The normalized spacial score (nSPS) is 10.7. The number of aromatic amines is 1. The molecule has 0 fully saturated rings. The van der Waals surface area contributed by atoms with Gasteiger partial charge in [0.05, 0.1) is 13.5 Å². The van der Waals surface area contributed by atoms with Gasteiger partial charge in [0, 0.05) is 22.8 Å². The van der Waals surface area contributed by atoms with E-state index in [2.05, 4.69) is 10.3 Å². The van der Waals surface area contributed by atoms with Crippen molar-refractivity contribution < 1.29 is 14.3 Å². The van der Waals surface area contributed by atoms with E-state index in [1.54, 1.807) is 7.11 Å². The van der Waals surface area contributed by atoms with Gasteiger partial charge < -0.3 is 19.8 Å².